The van der Waals surface area contributed by atoms with E-state index in [1.54, 1.807) is 24.1 Å². The second kappa shape index (κ2) is 8.44. The number of carbonyl (C=O) groups excluding carboxylic acids is 2. The number of methoxy groups -OCH3 is 2. The van der Waals surface area contributed by atoms with Crippen LogP contribution in [0.15, 0.2) is 48.5 Å². The highest BCUT2D eigenvalue weighted by Gasteiger charge is 2.40. The molecule has 0 unspecified atom stereocenters. The highest BCUT2D eigenvalue weighted by Crippen LogP contribution is 2.34. The number of amides is 1. The lowest BCUT2D eigenvalue weighted by Crippen LogP contribution is -2.31. The Bertz CT molecular complexity index is 804. The number of hydrogen-bond donors (Lipinski definition) is 0. The molecule has 1 heterocycles. The van der Waals surface area contributed by atoms with Crippen LogP contribution in [0.2, 0.25) is 5.02 Å². The molecular formula is C21H22ClNO4. The van der Waals surface area contributed by atoms with Crippen LogP contribution in [-0.2, 0) is 20.7 Å². The lowest BCUT2D eigenvalue weighted by molar-refractivity contribution is -0.145. The largest absolute Gasteiger partial charge is 0.497 e. The number of carbonyl (C=O) groups is 2. The van der Waals surface area contributed by atoms with Crippen LogP contribution in [0.1, 0.15) is 17.0 Å². The molecule has 1 amide bonds. The van der Waals surface area contributed by atoms with Gasteiger partial charge in [-0.2, -0.15) is 0 Å². The first-order valence-corrected chi connectivity index (χ1v) is 9.13. The summed E-state index contributed by atoms with van der Waals surface area (Å²) in [5.41, 5.74) is 1.89. The lowest BCUT2D eigenvalue weighted by atomic mass is 9.89. The van der Waals surface area contributed by atoms with Crippen LogP contribution >= 0.6 is 11.6 Å². The van der Waals surface area contributed by atoms with Crippen LogP contribution in [0.25, 0.3) is 0 Å². The smallest absolute Gasteiger partial charge is 0.311 e. The maximum atomic E-state index is 12.8. The molecule has 0 aliphatic carbocycles. The van der Waals surface area contributed by atoms with E-state index in [0.29, 0.717) is 18.1 Å². The summed E-state index contributed by atoms with van der Waals surface area (Å²) in [6.45, 7) is 0.842. The van der Waals surface area contributed by atoms with Crippen LogP contribution in [-0.4, -0.2) is 44.1 Å². The van der Waals surface area contributed by atoms with Gasteiger partial charge in [0, 0.05) is 24.0 Å². The summed E-state index contributed by atoms with van der Waals surface area (Å²) in [6.07, 6.45) is 0.278. The second-order valence-corrected chi connectivity index (χ2v) is 7.05. The minimum atomic E-state index is -0.377. The third kappa shape index (κ3) is 4.42. The van der Waals surface area contributed by atoms with Crippen molar-refractivity contribution < 1.29 is 19.1 Å². The summed E-state index contributed by atoms with van der Waals surface area (Å²) in [5.74, 6) is -0.0306. The van der Waals surface area contributed by atoms with E-state index in [-0.39, 0.29) is 30.1 Å². The van der Waals surface area contributed by atoms with E-state index in [1.165, 1.54) is 7.11 Å². The fourth-order valence-electron chi connectivity index (χ4n) is 3.48. The van der Waals surface area contributed by atoms with Gasteiger partial charge in [0.25, 0.3) is 0 Å². The highest BCUT2D eigenvalue weighted by atomic mass is 35.5. The molecule has 0 N–H and O–H groups in total. The molecule has 5 nitrogen and oxygen atoms in total. The van der Waals surface area contributed by atoms with Crippen molar-refractivity contribution in [3.05, 3.63) is 64.7 Å². The Morgan fingerprint density at radius 2 is 1.70 bits per heavy atom. The Morgan fingerprint density at radius 1 is 1.04 bits per heavy atom. The van der Waals surface area contributed by atoms with E-state index in [9.17, 15) is 9.59 Å². The van der Waals surface area contributed by atoms with Crippen molar-refractivity contribution in [3.8, 4) is 5.75 Å². The maximum absolute atomic E-state index is 12.8. The SMILES string of the molecule is COC(=O)[C@@H]1CN(C(=O)Cc2ccc(Cl)cc2)C[C@H]1c1ccc(OC)cc1. The number of ether oxygens (including phenoxy) is 2. The first-order chi connectivity index (χ1) is 13.0. The van der Waals surface area contributed by atoms with E-state index in [2.05, 4.69) is 0 Å². The van der Waals surface area contributed by atoms with Crippen LogP contribution in [0, 0.1) is 5.92 Å². The average Bonchev–Trinajstić information content (AvgIpc) is 3.15. The van der Waals surface area contributed by atoms with E-state index >= 15 is 0 Å². The number of esters is 1. The van der Waals surface area contributed by atoms with Gasteiger partial charge in [0.05, 0.1) is 26.6 Å². The minimum Gasteiger partial charge on any atom is -0.497 e. The first kappa shape index (κ1) is 19.2. The van der Waals surface area contributed by atoms with Crippen LogP contribution in [0.5, 0.6) is 5.75 Å². The molecule has 1 fully saturated rings. The maximum Gasteiger partial charge on any atom is 0.311 e. The summed E-state index contributed by atoms with van der Waals surface area (Å²) in [6, 6.07) is 14.8. The molecule has 142 valence electrons. The highest BCUT2D eigenvalue weighted by molar-refractivity contribution is 6.30. The molecule has 1 aliphatic rings. The molecule has 2 aromatic carbocycles. The molecule has 0 radical (unpaired) electrons. The van der Waals surface area contributed by atoms with Crippen molar-refractivity contribution in [2.45, 2.75) is 12.3 Å². The molecule has 2 atom stereocenters. The topological polar surface area (TPSA) is 55.8 Å². The standard InChI is InChI=1S/C21H22ClNO4/c1-26-17-9-5-15(6-10-17)18-12-23(13-19(18)21(25)27-2)20(24)11-14-3-7-16(22)8-4-14/h3-10,18-19H,11-13H2,1-2H3/t18-,19+/m0/s1. The fraction of sp³-hybridized carbons (Fsp3) is 0.333. The van der Waals surface area contributed by atoms with Gasteiger partial charge in [0.2, 0.25) is 5.91 Å². The summed E-state index contributed by atoms with van der Waals surface area (Å²) in [7, 11) is 2.99. The number of rotatable bonds is 5. The van der Waals surface area contributed by atoms with E-state index < -0.39 is 0 Å². The zero-order valence-corrected chi connectivity index (χ0v) is 16.1. The van der Waals surface area contributed by atoms with Crippen LogP contribution in [0.4, 0.5) is 0 Å². The van der Waals surface area contributed by atoms with Gasteiger partial charge in [0.1, 0.15) is 5.75 Å². The molecule has 1 aliphatic heterocycles. The molecule has 0 bridgehead atoms. The number of halogens is 1. The molecule has 0 aromatic heterocycles. The molecule has 0 spiro atoms. The Morgan fingerprint density at radius 3 is 2.30 bits per heavy atom. The molecule has 3 rings (SSSR count). The average molecular weight is 388 g/mol. The summed E-state index contributed by atoms with van der Waals surface area (Å²) in [5, 5.41) is 0.637. The lowest BCUT2D eigenvalue weighted by Gasteiger charge is -2.17. The Labute approximate surface area is 163 Å². The van der Waals surface area contributed by atoms with Gasteiger partial charge in [-0.25, -0.2) is 0 Å². The normalized spacial score (nSPS) is 19.0. The van der Waals surface area contributed by atoms with Crippen LogP contribution in [0.3, 0.4) is 0 Å². The summed E-state index contributed by atoms with van der Waals surface area (Å²) < 4.78 is 10.2. The van der Waals surface area contributed by atoms with Gasteiger partial charge in [0.15, 0.2) is 0 Å². The van der Waals surface area contributed by atoms with Crippen molar-refractivity contribution >= 4 is 23.5 Å². The van der Waals surface area contributed by atoms with Crippen molar-refractivity contribution in [3.63, 3.8) is 0 Å². The monoisotopic (exact) mass is 387 g/mol. The second-order valence-electron chi connectivity index (χ2n) is 6.61. The van der Waals surface area contributed by atoms with Gasteiger partial charge in [-0.15, -0.1) is 0 Å². The molecule has 2 aromatic rings. The number of hydrogen-bond acceptors (Lipinski definition) is 4. The van der Waals surface area contributed by atoms with Crippen LogP contribution < -0.4 is 4.74 Å². The molecule has 6 heteroatoms. The quantitative estimate of drug-likeness (QED) is 0.738. The van der Waals surface area contributed by atoms with Crippen molar-refractivity contribution in [1.29, 1.82) is 0 Å². The van der Waals surface area contributed by atoms with Gasteiger partial charge in [-0.05, 0) is 35.4 Å². The van der Waals surface area contributed by atoms with Crippen molar-refractivity contribution in [1.82, 2.24) is 4.90 Å². The zero-order chi connectivity index (χ0) is 19.4. The molecule has 1 saturated heterocycles. The van der Waals surface area contributed by atoms with Crippen molar-refractivity contribution in [2.75, 3.05) is 27.3 Å². The predicted molar refractivity (Wildman–Crippen MR) is 103 cm³/mol. The number of nitrogens with zero attached hydrogens (tertiary/aromatic N) is 1. The van der Waals surface area contributed by atoms with Gasteiger partial charge >= 0.3 is 5.97 Å². The Kier molecular flexibility index (Phi) is 6.01. The zero-order valence-electron chi connectivity index (χ0n) is 15.4. The molecule has 27 heavy (non-hydrogen) atoms. The molecule has 0 saturated carbocycles. The summed E-state index contributed by atoms with van der Waals surface area (Å²) >= 11 is 5.90. The van der Waals surface area contributed by atoms with E-state index in [1.807, 2.05) is 36.4 Å². The predicted octanol–water partition coefficient (Wildman–Crippen LogP) is 3.31. The Hall–Kier alpha value is -2.53. The fourth-order valence-corrected chi connectivity index (χ4v) is 3.60. The van der Waals surface area contributed by atoms with E-state index in [4.69, 9.17) is 21.1 Å². The Balaban J connectivity index is 1.76. The van der Waals surface area contributed by atoms with Gasteiger partial charge in [-0.3, -0.25) is 9.59 Å². The van der Waals surface area contributed by atoms with Gasteiger partial charge < -0.3 is 14.4 Å². The first-order valence-electron chi connectivity index (χ1n) is 8.76. The minimum absolute atomic E-state index is 0.0118. The summed E-state index contributed by atoms with van der Waals surface area (Å²) in [4.78, 5) is 26.8. The third-order valence-corrected chi connectivity index (χ3v) is 5.24. The number of likely N-dealkylation sites (tertiary alicyclic amines) is 1. The van der Waals surface area contributed by atoms with Gasteiger partial charge in [-0.1, -0.05) is 35.9 Å². The third-order valence-electron chi connectivity index (χ3n) is 4.99. The van der Waals surface area contributed by atoms with Crippen molar-refractivity contribution in [2.24, 2.45) is 5.92 Å². The molecular weight excluding hydrogens is 366 g/mol. The number of benzene rings is 2. The van der Waals surface area contributed by atoms with E-state index in [0.717, 1.165) is 16.9 Å².